The first-order valence-corrected chi connectivity index (χ1v) is 10.4. The molecule has 1 fully saturated rings. The first-order chi connectivity index (χ1) is 13.6. The Balaban J connectivity index is 1.54. The van der Waals surface area contributed by atoms with Gasteiger partial charge in [0.15, 0.2) is 0 Å². The van der Waals surface area contributed by atoms with Gasteiger partial charge in [0.2, 0.25) is 5.91 Å². The van der Waals surface area contributed by atoms with Crippen molar-refractivity contribution >= 4 is 28.2 Å². The zero-order valence-electron chi connectivity index (χ0n) is 16.1. The van der Waals surface area contributed by atoms with E-state index in [1.54, 1.807) is 24.5 Å². The summed E-state index contributed by atoms with van der Waals surface area (Å²) < 4.78 is 10.7. The molecule has 0 aliphatic carbocycles. The lowest BCUT2D eigenvalue weighted by molar-refractivity contribution is -0.132. The summed E-state index contributed by atoms with van der Waals surface area (Å²) >= 11 is 1.66. The minimum absolute atomic E-state index is 0.0994. The van der Waals surface area contributed by atoms with Gasteiger partial charge in [0.05, 0.1) is 13.2 Å². The van der Waals surface area contributed by atoms with Crippen LogP contribution < -0.4 is 10.4 Å². The molecule has 3 aromatic rings. The molecule has 1 aliphatic heterocycles. The summed E-state index contributed by atoms with van der Waals surface area (Å²) in [5, 5.41) is 5.04. The van der Waals surface area contributed by atoms with Crippen LogP contribution in [0.25, 0.3) is 11.0 Å². The predicted octanol–water partition coefficient (Wildman–Crippen LogP) is 4.47. The van der Waals surface area contributed by atoms with Crippen molar-refractivity contribution in [1.29, 1.82) is 0 Å². The average molecular weight is 397 g/mol. The first-order valence-electron chi connectivity index (χ1n) is 9.50. The number of likely N-dealkylation sites (tertiary alicyclic amines) is 1. The molecule has 0 radical (unpaired) electrons. The molecule has 28 heavy (non-hydrogen) atoms. The fraction of sp³-hybridized carbons (Fsp3) is 0.364. The van der Waals surface area contributed by atoms with E-state index in [-0.39, 0.29) is 17.6 Å². The van der Waals surface area contributed by atoms with Gasteiger partial charge in [0.1, 0.15) is 11.3 Å². The molecule has 1 aliphatic rings. The van der Waals surface area contributed by atoms with Gasteiger partial charge in [-0.1, -0.05) is 0 Å². The third-order valence-corrected chi connectivity index (χ3v) is 6.29. The maximum atomic E-state index is 12.9. The Morgan fingerprint density at radius 2 is 2.21 bits per heavy atom. The highest BCUT2D eigenvalue weighted by Gasteiger charge is 2.30. The molecule has 0 N–H and O–H groups in total. The molecule has 1 amide bonds. The summed E-state index contributed by atoms with van der Waals surface area (Å²) in [5.74, 6) is 0.744. The minimum atomic E-state index is -0.373. The lowest BCUT2D eigenvalue weighted by Gasteiger charge is -2.24. The standard InChI is InChI=1S/C22H23NO4S/c1-14-17-6-5-16(26-2)12-20(17)27-22(25)18(14)7-8-21(24)23-10-3-4-19(23)15-9-11-28-13-15/h5-6,9,11-13,19H,3-4,7-8,10H2,1-2H3. The number of rotatable bonds is 5. The largest absolute Gasteiger partial charge is 0.497 e. The van der Waals surface area contributed by atoms with E-state index in [1.807, 2.05) is 24.0 Å². The average Bonchev–Trinajstić information content (AvgIpc) is 3.38. The molecule has 1 aromatic carbocycles. The Bertz CT molecular complexity index is 1050. The Morgan fingerprint density at radius 3 is 2.96 bits per heavy atom. The number of aryl methyl sites for hydroxylation is 1. The molecule has 3 heterocycles. The third-order valence-electron chi connectivity index (χ3n) is 5.58. The molecule has 4 rings (SSSR count). The number of thiophene rings is 1. The smallest absolute Gasteiger partial charge is 0.339 e. The molecule has 5 nitrogen and oxygen atoms in total. The van der Waals surface area contributed by atoms with E-state index in [0.29, 0.717) is 29.7 Å². The first kappa shape index (κ1) is 18.7. The van der Waals surface area contributed by atoms with Crippen LogP contribution in [-0.4, -0.2) is 24.5 Å². The van der Waals surface area contributed by atoms with Crippen molar-refractivity contribution in [3.8, 4) is 5.75 Å². The van der Waals surface area contributed by atoms with Crippen LogP contribution in [0.15, 0.2) is 44.2 Å². The van der Waals surface area contributed by atoms with Crippen LogP contribution in [0.5, 0.6) is 5.75 Å². The lowest BCUT2D eigenvalue weighted by Crippen LogP contribution is -2.31. The molecule has 6 heteroatoms. The molecule has 1 unspecified atom stereocenters. The molecule has 2 aromatic heterocycles. The van der Waals surface area contributed by atoms with E-state index in [1.165, 1.54) is 5.56 Å². The van der Waals surface area contributed by atoms with Crippen molar-refractivity contribution in [3.63, 3.8) is 0 Å². The molecule has 1 atom stereocenters. The van der Waals surface area contributed by atoms with Crippen molar-refractivity contribution < 1.29 is 13.9 Å². The topological polar surface area (TPSA) is 59.8 Å². The number of nitrogens with zero attached hydrogens (tertiary/aromatic N) is 1. The van der Waals surface area contributed by atoms with Crippen LogP contribution in [0, 0.1) is 6.92 Å². The summed E-state index contributed by atoms with van der Waals surface area (Å²) in [6.45, 7) is 2.69. The number of amides is 1. The fourth-order valence-electron chi connectivity index (χ4n) is 4.04. The van der Waals surface area contributed by atoms with Crippen molar-refractivity contribution in [1.82, 2.24) is 4.90 Å². The number of fused-ring (bicyclic) bond motifs is 1. The summed E-state index contributed by atoms with van der Waals surface area (Å²) in [4.78, 5) is 27.3. The Kier molecular flexibility index (Phi) is 5.22. The normalized spacial score (nSPS) is 16.6. The summed E-state index contributed by atoms with van der Waals surface area (Å²) in [6.07, 6.45) is 2.72. The van der Waals surface area contributed by atoms with Crippen molar-refractivity contribution in [3.05, 3.63) is 62.1 Å². The van der Waals surface area contributed by atoms with Crippen LogP contribution in [-0.2, 0) is 11.2 Å². The Hall–Kier alpha value is -2.60. The second-order valence-corrected chi connectivity index (χ2v) is 7.94. The number of ether oxygens (including phenoxy) is 1. The van der Waals surface area contributed by atoms with Crippen LogP contribution in [0.2, 0.25) is 0 Å². The molecular weight excluding hydrogens is 374 g/mol. The number of hydrogen-bond donors (Lipinski definition) is 0. The highest BCUT2D eigenvalue weighted by Crippen LogP contribution is 2.33. The molecule has 0 bridgehead atoms. The van der Waals surface area contributed by atoms with Crippen LogP contribution in [0.4, 0.5) is 0 Å². The molecule has 1 saturated heterocycles. The van der Waals surface area contributed by atoms with Crippen molar-refractivity contribution in [2.24, 2.45) is 0 Å². The van der Waals surface area contributed by atoms with E-state index in [9.17, 15) is 9.59 Å². The Morgan fingerprint density at radius 1 is 1.36 bits per heavy atom. The highest BCUT2D eigenvalue weighted by molar-refractivity contribution is 7.08. The lowest BCUT2D eigenvalue weighted by atomic mass is 10.0. The molecule has 0 spiro atoms. The van der Waals surface area contributed by atoms with Gasteiger partial charge in [0.25, 0.3) is 0 Å². The van der Waals surface area contributed by atoms with Gasteiger partial charge >= 0.3 is 5.63 Å². The Labute approximate surface area is 167 Å². The maximum absolute atomic E-state index is 12.9. The van der Waals surface area contributed by atoms with Gasteiger partial charge < -0.3 is 14.1 Å². The summed E-state index contributed by atoms with van der Waals surface area (Å²) in [7, 11) is 1.58. The third kappa shape index (κ3) is 3.44. The predicted molar refractivity (Wildman–Crippen MR) is 110 cm³/mol. The number of carbonyl (C=O) groups is 1. The highest BCUT2D eigenvalue weighted by atomic mass is 32.1. The monoisotopic (exact) mass is 397 g/mol. The number of hydrogen-bond acceptors (Lipinski definition) is 5. The number of methoxy groups -OCH3 is 1. The van der Waals surface area contributed by atoms with Gasteiger partial charge in [-0.15, -0.1) is 0 Å². The van der Waals surface area contributed by atoms with E-state index in [2.05, 4.69) is 16.8 Å². The van der Waals surface area contributed by atoms with E-state index >= 15 is 0 Å². The maximum Gasteiger partial charge on any atom is 0.339 e. The van der Waals surface area contributed by atoms with E-state index in [4.69, 9.17) is 9.15 Å². The van der Waals surface area contributed by atoms with Gasteiger partial charge in [-0.3, -0.25) is 4.79 Å². The van der Waals surface area contributed by atoms with Crippen molar-refractivity contribution in [2.45, 2.75) is 38.6 Å². The van der Waals surface area contributed by atoms with Gasteiger partial charge in [-0.25, -0.2) is 4.79 Å². The quantitative estimate of drug-likeness (QED) is 0.596. The zero-order valence-corrected chi connectivity index (χ0v) is 16.9. The summed E-state index contributed by atoms with van der Waals surface area (Å²) in [6, 6.07) is 7.72. The van der Waals surface area contributed by atoms with Crippen LogP contribution in [0.1, 0.15) is 42.0 Å². The zero-order chi connectivity index (χ0) is 19.7. The van der Waals surface area contributed by atoms with Gasteiger partial charge in [-0.2, -0.15) is 11.3 Å². The fourth-order valence-corrected chi connectivity index (χ4v) is 4.75. The van der Waals surface area contributed by atoms with Gasteiger partial charge in [0, 0.05) is 30.0 Å². The van der Waals surface area contributed by atoms with Crippen LogP contribution in [0.3, 0.4) is 0 Å². The van der Waals surface area contributed by atoms with Crippen LogP contribution >= 0.6 is 11.3 Å². The minimum Gasteiger partial charge on any atom is -0.497 e. The summed E-state index contributed by atoms with van der Waals surface area (Å²) in [5.41, 5.74) is 2.80. The molecule has 146 valence electrons. The van der Waals surface area contributed by atoms with Crippen molar-refractivity contribution in [2.75, 3.05) is 13.7 Å². The molecular formula is C22H23NO4S. The van der Waals surface area contributed by atoms with Gasteiger partial charge in [-0.05, 0) is 66.3 Å². The molecule has 0 saturated carbocycles. The number of carbonyl (C=O) groups excluding carboxylic acids is 1. The second kappa shape index (κ2) is 7.80. The van der Waals surface area contributed by atoms with E-state index in [0.717, 1.165) is 30.3 Å². The SMILES string of the molecule is COc1ccc2c(C)c(CCC(=O)N3CCCC3c3ccsc3)c(=O)oc2c1. The second-order valence-electron chi connectivity index (χ2n) is 7.16. The van der Waals surface area contributed by atoms with E-state index < -0.39 is 0 Å². The number of benzene rings is 1.